The number of isothiocyanates is 1. The lowest BCUT2D eigenvalue weighted by atomic mass is 10.0. The zero-order valence-corrected chi connectivity index (χ0v) is 11.6. The predicted octanol–water partition coefficient (Wildman–Crippen LogP) is 4.56. The fourth-order valence-corrected chi connectivity index (χ4v) is 1.73. The Morgan fingerprint density at radius 2 is 1.70 bits per heavy atom. The molecule has 0 aliphatic carbocycles. The molecule has 0 saturated heterocycles. The van der Waals surface area contributed by atoms with E-state index in [1.54, 1.807) is 0 Å². The lowest BCUT2D eigenvalue weighted by molar-refractivity contribution is 0.263. The van der Waals surface area contributed by atoms with E-state index in [0.29, 0.717) is 0 Å². The SMILES string of the molecule is S=C=NCOC=C=Cc1ccc(-c2ccccc2)cc1. The van der Waals surface area contributed by atoms with Gasteiger partial charge in [-0.2, -0.15) is 4.99 Å². The first-order valence-corrected chi connectivity index (χ1v) is 6.52. The van der Waals surface area contributed by atoms with Crippen molar-refractivity contribution in [3.63, 3.8) is 0 Å². The van der Waals surface area contributed by atoms with E-state index >= 15 is 0 Å². The predicted molar refractivity (Wildman–Crippen MR) is 85.4 cm³/mol. The van der Waals surface area contributed by atoms with Gasteiger partial charge in [-0.3, -0.25) is 0 Å². The van der Waals surface area contributed by atoms with Crippen LogP contribution in [0.4, 0.5) is 0 Å². The largest absolute Gasteiger partial charge is 0.470 e. The first kappa shape index (κ1) is 14.0. The third kappa shape index (κ3) is 4.34. The summed E-state index contributed by atoms with van der Waals surface area (Å²) in [4.78, 5) is 3.62. The maximum absolute atomic E-state index is 5.03. The zero-order chi connectivity index (χ0) is 14.0. The van der Waals surface area contributed by atoms with Crippen LogP contribution in [0.3, 0.4) is 0 Å². The first-order chi connectivity index (χ1) is 9.90. The van der Waals surface area contributed by atoms with Gasteiger partial charge in [0.1, 0.15) is 6.26 Å². The molecular weight excluding hydrogens is 266 g/mol. The van der Waals surface area contributed by atoms with Gasteiger partial charge in [0.15, 0.2) is 6.73 Å². The summed E-state index contributed by atoms with van der Waals surface area (Å²) in [5.41, 5.74) is 6.39. The van der Waals surface area contributed by atoms with Crippen molar-refractivity contribution < 1.29 is 4.74 Å². The van der Waals surface area contributed by atoms with Gasteiger partial charge in [0.2, 0.25) is 0 Å². The van der Waals surface area contributed by atoms with Crippen LogP contribution in [0.2, 0.25) is 0 Å². The Hall–Kier alpha value is -2.44. The second-order valence-electron chi connectivity index (χ2n) is 3.96. The van der Waals surface area contributed by atoms with Crippen LogP contribution in [0.5, 0.6) is 0 Å². The summed E-state index contributed by atoms with van der Waals surface area (Å²) in [6, 6.07) is 18.5. The van der Waals surface area contributed by atoms with E-state index < -0.39 is 0 Å². The third-order valence-corrected chi connectivity index (χ3v) is 2.75. The average Bonchev–Trinajstić information content (AvgIpc) is 2.52. The molecule has 0 aliphatic rings. The van der Waals surface area contributed by atoms with E-state index in [2.05, 4.69) is 52.4 Å². The molecule has 20 heavy (non-hydrogen) atoms. The lowest BCUT2D eigenvalue weighted by Gasteiger charge is -2.01. The number of thiocarbonyl (C=S) groups is 1. The maximum Gasteiger partial charge on any atom is 0.188 e. The number of benzene rings is 2. The van der Waals surface area contributed by atoms with Crippen LogP contribution >= 0.6 is 12.2 Å². The summed E-state index contributed by atoms with van der Waals surface area (Å²) in [5, 5.41) is 2.22. The number of nitrogens with zero attached hydrogens (tertiary/aromatic N) is 1. The van der Waals surface area contributed by atoms with Crippen LogP contribution in [0, 0.1) is 0 Å². The molecule has 0 saturated carbocycles. The zero-order valence-electron chi connectivity index (χ0n) is 10.8. The fourth-order valence-electron chi connectivity index (χ4n) is 1.68. The molecule has 0 bridgehead atoms. The first-order valence-electron chi connectivity index (χ1n) is 6.12. The van der Waals surface area contributed by atoms with Crippen molar-refractivity contribution in [2.45, 2.75) is 0 Å². The van der Waals surface area contributed by atoms with Gasteiger partial charge >= 0.3 is 0 Å². The molecule has 0 amide bonds. The Kier molecular flexibility index (Phi) is 5.51. The van der Waals surface area contributed by atoms with Gasteiger partial charge in [-0.05, 0) is 35.0 Å². The van der Waals surface area contributed by atoms with Crippen molar-refractivity contribution in [2.24, 2.45) is 4.99 Å². The summed E-state index contributed by atoms with van der Waals surface area (Å²) in [6.07, 6.45) is 3.30. The highest BCUT2D eigenvalue weighted by molar-refractivity contribution is 7.78. The molecule has 0 aromatic heterocycles. The molecule has 2 aromatic rings. The Balaban J connectivity index is 2.02. The van der Waals surface area contributed by atoms with Gasteiger partial charge in [0, 0.05) is 0 Å². The molecule has 2 aromatic carbocycles. The summed E-state index contributed by atoms with van der Waals surface area (Å²) in [6.45, 7) is 0.178. The van der Waals surface area contributed by atoms with Crippen molar-refractivity contribution in [3.8, 4) is 11.1 Å². The minimum Gasteiger partial charge on any atom is -0.470 e. The van der Waals surface area contributed by atoms with Gasteiger partial charge in [-0.1, -0.05) is 60.3 Å². The standard InChI is InChI=1S/C17H13NOS/c20-14-18-13-19-12-4-5-15-8-10-17(11-9-15)16-6-2-1-3-7-16/h1-3,5-12H,13H2. The fraction of sp³-hybridized carbons (Fsp3) is 0.0588. The molecule has 0 unspecified atom stereocenters. The molecule has 0 atom stereocenters. The topological polar surface area (TPSA) is 21.6 Å². The van der Waals surface area contributed by atoms with Crippen molar-refractivity contribution >= 4 is 23.5 Å². The number of hydrogen-bond donors (Lipinski definition) is 0. The molecule has 2 rings (SSSR count). The van der Waals surface area contributed by atoms with Crippen molar-refractivity contribution in [1.82, 2.24) is 0 Å². The molecular formula is C17H13NOS. The van der Waals surface area contributed by atoms with Crippen LogP contribution < -0.4 is 0 Å². The van der Waals surface area contributed by atoms with Gasteiger partial charge in [-0.15, -0.1) is 0 Å². The van der Waals surface area contributed by atoms with E-state index in [4.69, 9.17) is 4.74 Å². The van der Waals surface area contributed by atoms with Crippen molar-refractivity contribution in [1.29, 1.82) is 0 Å². The highest BCUT2D eigenvalue weighted by Crippen LogP contribution is 2.19. The Morgan fingerprint density at radius 1 is 1.00 bits per heavy atom. The Morgan fingerprint density at radius 3 is 2.40 bits per heavy atom. The molecule has 2 nitrogen and oxygen atoms in total. The van der Waals surface area contributed by atoms with Crippen LogP contribution in [0.1, 0.15) is 5.56 Å². The maximum atomic E-state index is 5.03. The van der Waals surface area contributed by atoms with Crippen LogP contribution in [0.25, 0.3) is 17.2 Å². The van der Waals surface area contributed by atoms with Crippen LogP contribution in [-0.4, -0.2) is 11.9 Å². The van der Waals surface area contributed by atoms with E-state index in [0.717, 1.165) is 5.56 Å². The normalized spacial score (nSPS) is 9.00. The minimum absolute atomic E-state index is 0.178. The lowest BCUT2D eigenvalue weighted by Crippen LogP contribution is -1.78. The molecule has 98 valence electrons. The van der Waals surface area contributed by atoms with E-state index in [1.165, 1.54) is 17.4 Å². The quantitative estimate of drug-likeness (QED) is 0.263. The van der Waals surface area contributed by atoms with Gasteiger partial charge in [0.05, 0.1) is 5.16 Å². The van der Waals surface area contributed by atoms with Crippen LogP contribution in [0.15, 0.2) is 71.6 Å². The minimum atomic E-state index is 0.178. The second-order valence-corrected chi connectivity index (χ2v) is 4.14. The smallest absolute Gasteiger partial charge is 0.188 e. The van der Waals surface area contributed by atoms with Crippen molar-refractivity contribution in [3.05, 3.63) is 72.2 Å². The highest BCUT2D eigenvalue weighted by Gasteiger charge is 1.95. The Bertz CT molecular complexity index is 649. The number of rotatable bonds is 5. The van der Waals surface area contributed by atoms with Crippen molar-refractivity contribution in [2.75, 3.05) is 6.73 Å². The van der Waals surface area contributed by atoms with E-state index in [1.807, 2.05) is 36.4 Å². The third-order valence-electron chi connectivity index (χ3n) is 2.62. The number of ether oxygens (including phenoxy) is 1. The van der Waals surface area contributed by atoms with Gasteiger partial charge in [-0.25, -0.2) is 0 Å². The molecule has 0 radical (unpaired) electrons. The average molecular weight is 279 g/mol. The van der Waals surface area contributed by atoms with Gasteiger partial charge in [0.25, 0.3) is 0 Å². The van der Waals surface area contributed by atoms with Gasteiger partial charge < -0.3 is 4.74 Å². The summed E-state index contributed by atoms with van der Waals surface area (Å²) < 4.78 is 5.03. The highest BCUT2D eigenvalue weighted by atomic mass is 32.1. The molecule has 0 heterocycles. The van der Waals surface area contributed by atoms with E-state index in [-0.39, 0.29) is 6.73 Å². The molecule has 3 heteroatoms. The van der Waals surface area contributed by atoms with Crippen LogP contribution in [-0.2, 0) is 4.74 Å². The molecule has 0 aliphatic heterocycles. The second kappa shape index (κ2) is 7.88. The summed E-state index contributed by atoms with van der Waals surface area (Å²) >= 11 is 4.42. The molecule has 0 N–H and O–H groups in total. The molecule has 0 fully saturated rings. The summed E-state index contributed by atoms with van der Waals surface area (Å²) in [7, 11) is 0. The monoisotopic (exact) mass is 279 g/mol. The Labute approximate surface area is 123 Å². The van der Waals surface area contributed by atoms with E-state index in [9.17, 15) is 0 Å². The summed E-state index contributed by atoms with van der Waals surface area (Å²) in [5.74, 6) is 0. The number of aliphatic imine (C=N–C) groups is 1. The molecule has 0 spiro atoms. The number of hydrogen-bond acceptors (Lipinski definition) is 3.